The first-order valence-electron chi connectivity index (χ1n) is 8.28. The summed E-state index contributed by atoms with van der Waals surface area (Å²) in [5.74, 6) is 0.748. The number of piperazine rings is 1. The summed E-state index contributed by atoms with van der Waals surface area (Å²) in [7, 11) is 0. The predicted molar refractivity (Wildman–Crippen MR) is 96.3 cm³/mol. The van der Waals surface area contributed by atoms with Gasteiger partial charge in [0, 0.05) is 26.2 Å². The van der Waals surface area contributed by atoms with Crippen LogP contribution in [0.5, 0.6) is 0 Å². The molecule has 1 aromatic carbocycles. The second kappa shape index (κ2) is 8.19. The molecule has 0 bridgehead atoms. The van der Waals surface area contributed by atoms with Crippen LogP contribution in [0.4, 0.5) is 21.1 Å². The summed E-state index contributed by atoms with van der Waals surface area (Å²) in [6, 6.07) is 13.0. The predicted octanol–water partition coefficient (Wildman–Crippen LogP) is 2.63. The summed E-state index contributed by atoms with van der Waals surface area (Å²) in [6.07, 6.45) is 0.118. The first-order chi connectivity index (χ1) is 12.6. The SMILES string of the molecule is O=C(Nc1ccc(N2CCN(C(=O)O)CC2)nc1)OCc1ccccc1. The van der Waals surface area contributed by atoms with Crippen LogP contribution < -0.4 is 10.2 Å². The number of pyridine rings is 1. The molecule has 0 aliphatic carbocycles. The smallest absolute Gasteiger partial charge is 0.412 e. The van der Waals surface area contributed by atoms with E-state index in [2.05, 4.69) is 10.3 Å². The van der Waals surface area contributed by atoms with Crippen LogP contribution in [0.25, 0.3) is 0 Å². The Morgan fingerprint density at radius 3 is 2.42 bits per heavy atom. The number of carboxylic acid groups (broad SMARTS) is 1. The van der Waals surface area contributed by atoms with E-state index in [1.54, 1.807) is 18.3 Å². The zero-order valence-electron chi connectivity index (χ0n) is 14.2. The largest absolute Gasteiger partial charge is 0.465 e. The molecule has 2 N–H and O–H groups in total. The molecule has 3 rings (SSSR count). The number of hydrogen-bond acceptors (Lipinski definition) is 5. The lowest BCUT2D eigenvalue weighted by Gasteiger charge is -2.33. The molecule has 0 spiro atoms. The quantitative estimate of drug-likeness (QED) is 0.874. The Morgan fingerprint density at radius 2 is 1.81 bits per heavy atom. The van der Waals surface area contributed by atoms with E-state index in [-0.39, 0.29) is 6.61 Å². The van der Waals surface area contributed by atoms with Crippen LogP contribution in [0.3, 0.4) is 0 Å². The van der Waals surface area contributed by atoms with Crippen LogP contribution in [0, 0.1) is 0 Å². The molecule has 2 aromatic rings. The third-order valence-corrected chi connectivity index (χ3v) is 4.08. The van der Waals surface area contributed by atoms with Gasteiger partial charge in [0.1, 0.15) is 12.4 Å². The molecule has 2 amide bonds. The maximum Gasteiger partial charge on any atom is 0.412 e. The normalized spacial score (nSPS) is 14.0. The van der Waals surface area contributed by atoms with Crippen molar-refractivity contribution in [3.05, 3.63) is 54.2 Å². The highest BCUT2D eigenvalue weighted by Gasteiger charge is 2.21. The Balaban J connectivity index is 1.48. The summed E-state index contributed by atoms with van der Waals surface area (Å²) in [5, 5.41) is 11.6. The van der Waals surface area contributed by atoms with Crippen LogP contribution in [-0.2, 0) is 11.3 Å². The minimum atomic E-state index is -0.897. The van der Waals surface area contributed by atoms with Gasteiger partial charge in [-0.15, -0.1) is 0 Å². The van der Waals surface area contributed by atoms with E-state index in [9.17, 15) is 9.59 Å². The highest BCUT2D eigenvalue weighted by atomic mass is 16.5. The van der Waals surface area contributed by atoms with E-state index in [0.29, 0.717) is 31.9 Å². The van der Waals surface area contributed by atoms with Crippen LogP contribution in [0.15, 0.2) is 48.7 Å². The summed E-state index contributed by atoms with van der Waals surface area (Å²) in [5.41, 5.74) is 1.45. The van der Waals surface area contributed by atoms with Crippen LogP contribution in [0.2, 0.25) is 0 Å². The van der Waals surface area contributed by atoms with Crippen molar-refractivity contribution >= 4 is 23.7 Å². The van der Waals surface area contributed by atoms with Crippen LogP contribution >= 0.6 is 0 Å². The maximum atomic E-state index is 11.8. The summed E-state index contributed by atoms with van der Waals surface area (Å²) < 4.78 is 5.16. The molecule has 0 atom stereocenters. The molecule has 1 saturated heterocycles. The molecule has 1 aromatic heterocycles. The van der Waals surface area contributed by atoms with Gasteiger partial charge in [0.2, 0.25) is 0 Å². The Morgan fingerprint density at radius 1 is 1.08 bits per heavy atom. The zero-order valence-corrected chi connectivity index (χ0v) is 14.2. The maximum absolute atomic E-state index is 11.8. The van der Waals surface area contributed by atoms with Gasteiger partial charge >= 0.3 is 12.2 Å². The van der Waals surface area contributed by atoms with Crippen molar-refractivity contribution in [1.82, 2.24) is 9.88 Å². The Bertz CT molecular complexity index is 744. The van der Waals surface area contributed by atoms with Gasteiger partial charge in [0.25, 0.3) is 0 Å². The fourth-order valence-electron chi connectivity index (χ4n) is 2.65. The second-order valence-corrected chi connectivity index (χ2v) is 5.85. The molecule has 0 radical (unpaired) electrons. The van der Waals surface area contributed by atoms with Crippen LogP contribution in [-0.4, -0.2) is 53.4 Å². The number of nitrogens with one attached hydrogen (secondary N) is 1. The van der Waals surface area contributed by atoms with E-state index < -0.39 is 12.2 Å². The van der Waals surface area contributed by atoms with Crippen molar-refractivity contribution in [2.75, 3.05) is 36.4 Å². The van der Waals surface area contributed by atoms with Gasteiger partial charge in [-0.25, -0.2) is 14.6 Å². The minimum absolute atomic E-state index is 0.200. The van der Waals surface area contributed by atoms with Gasteiger partial charge in [0.15, 0.2) is 0 Å². The number of amides is 2. The second-order valence-electron chi connectivity index (χ2n) is 5.85. The lowest BCUT2D eigenvalue weighted by atomic mass is 10.2. The summed E-state index contributed by atoms with van der Waals surface area (Å²) >= 11 is 0. The zero-order chi connectivity index (χ0) is 18.4. The molecule has 8 nitrogen and oxygen atoms in total. The standard InChI is InChI=1S/C18H20N4O4/c23-17(26-13-14-4-2-1-3-5-14)20-15-6-7-16(19-12-15)21-8-10-22(11-9-21)18(24)25/h1-7,12H,8-11,13H2,(H,20,23)(H,24,25). The molecular weight excluding hydrogens is 336 g/mol. The minimum Gasteiger partial charge on any atom is -0.465 e. The van der Waals surface area contributed by atoms with Crippen molar-refractivity contribution in [3.8, 4) is 0 Å². The van der Waals surface area contributed by atoms with Crippen molar-refractivity contribution in [3.63, 3.8) is 0 Å². The molecule has 1 fully saturated rings. The Kier molecular flexibility index (Phi) is 5.52. The van der Waals surface area contributed by atoms with E-state index in [4.69, 9.17) is 9.84 Å². The van der Waals surface area contributed by atoms with E-state index >= 15 is 0 Å². The number of carbonyl (C=O) groups excluding carboxylic acids is 1. The van der Waals surface area contributed by atoms with Crippen molar-refractivity contribution in [2.24, 2.45) is 0 Å². The lowest BCUT2D eigenvalue weighted by Crippen LogP contribution is -2.48. The first kappa shape index (κ1) is 17.5. The van der Waals surface area contributed by atoms with Crippen molar-refractivity contribution in [1.29, 1.82) is 0 Å². The monoisotopic (exact) mass is 356 g/mol. The number of benzene rings is 1. The van der Waals surface area contributed by atoms with Gasteiger partial charge < -0.3 is 19.6 Å². The number of aromatic nitrogens is 1. The number of anilines is 2. The third kappa shape index (κ3) is 4.62. The van der Waals surface area contributed by atoms with Gasteiger partial charge in [-0.05, 0) is 17.7 Å². The number of ether oxygens (including phenoxy) is 1. The number of hydrogen-bond donors (Lipinski definition) is 2. The summed E-state index contributed by atoms with van der Waals surface area (Å²) in [6.45, 7) is 2.27. The van der Waals surface area contributed by atoms with Gasteiger partial charge in [-0.1, -0.05) is 30.3 Å². The molecule has 2 heterocycles. The van der Waals surface area contributed by atoms with Crippen molar-refractivity contribution in [2.45, 2.75) is 6.61 Å². The first-order valence-corrected chi connectivity index (χ1v) is 8.28. The molecule has 1 aliphatic rings. The molecule has 26 heavy (non-hydrogen) atoms. The topological polar surface area (TPSA) is 95.0 Å². The average Bonchev–Trinajstić information content (AvgIpc) is 2.68. The summed E-state index contributed by atoms with van der Waals surface area (Å²) in [4.78, 5) is 30.5. The molecule has 8 heteroatoms. The Labute approximate surface area is 151 Å². The van der Waals surface area contributed by atoms with Gasteiger partial charge in [0.05, 0.1) is 11.9 Å². The molecule has 136 valence electrons. The van der Waals surface area contributed by atoms with Crippen LogP contribution in [0.1, 0.15) is 5.56 Å². The Hall–Kier alpha value is -3.29. The third-order valence-electron chi connectivity index (χ3n) is 4.08. The molecular formula is C18H20N4O4. The fraction of sp³-hybridized carbons (Fsp3) is 0.278. The lowest BCUT2D eigenvalue weighted by molar-refractivity contribution is 0.142. The average molecular weight is 356 g/mol. The number of rotatable bonds is 4. The van der Waals surface area contributed by atoms with Gasteiger partial charge in [-0.2, -0.15) is 0 Å². The molecule has 0 saturated carbocycles. The molecule has 0 unspecified atom stereocenters. The number of carbonyl (C=O) groups is 2. The highest BCUT2D eigenvalue weighted by Crippen LogP contribution is 2.16. The van der Waals surface area contributed by atoms with E-state index in [0.717, 1.165) is 11.4 Å². The van der Waals surface area contributed by atoms with E-state index in [1.807, 2.05) is 35.2 Å². The van der Waals surface area contributed by atoms with Gasteiger partial charge in [-0.3, -0.25) is 5.32 Å². The van der Waals surface area contributed by atoms with E-state index in [1.165, 1.54) is 4.90 Å². The van der Waals surface area contributed by atoms with Crippen molar-refractivity contribution < 1.29 is 19.4 Å². The molecule has 1 aliphatic heterocycles. The number of nitrogens with zero attached hydrogens (tertiary/aromatic N) is 3. The fourth-order valence-corrected chi connectivity index (χ4v) is 2.65. The highest BCUT2D eigenvalue weighted by molar-refractivity contribution is 5.84.